The van der Waals surface area contributed by atoms with Crippen molar-refractivity contribution in [3.8, 4) is 0 Å². The van der Waals surface area contributed by atoms with Gasteiger partial charge >= 0.3 is 5.97 Å². The molecule has 1 aliphatic heterocycles. The molecule has 0 spiro atoms. The van der Waals surface area contributed by atoms with Crippen molar-refractivity contribution in [1.82, 2.24) is 15.0 Å². The molecule has 14 heteroatoms. The highest BCUT2D eigenvalue weighted by Gasteiger charge is 2.39. The van der Waals surface area contributed by atoms with E-state index in [0.29, 0.717) is 42.2 Å². The summed E-state index contributed by atoms with van der Waals surface area (Å²) >= 11 is 7.47. The van der Waals surface area contributed by atoms with E-state index in [1.54, 1.807) is 11.6 Å². The zero-order chi connectivity index (χ0) is 26.7. The number of halogens is 3. The highest BCUT2D eigenvalue weighted by atomic mass is 35.5. The fraction of sp³-hybridized carbons (Fsp3) is 0.435. The number of benzene rings is 1. The molecule has 1 atom stereocenters. The van der Waals surface area contributed by atoms with Crippen LogP contribution in [0.5, 0.6) is 0 Å². The predicted octanol–water partition coefficient (Wildman–Crippen LogP) is 3.06. The van der Waals surface area contributed by atoms with Crippen molar-refractivity contribution in [2.75, 3.05) is 20.3 Å². The molecule has 2 aromatic rings. The Morgan fingerprint density at radius 3 is 2.65 bits per heavy atom. The summed E-state index contributed by atoms with van der Waals surface area (Å²) in [7, 11) is -2.41. The van der Waals surface area contributed by atoms with Gasteiger partial charge in [-0.1, -0.05) is 17.7 Å². The maximum Gasteiger partial charge on any atom is 0.338 e. The third-order valence-corrected chi connectivity index (χ3v) is 9.53. The lowest BCUT2D eigenvalue weighted by atomic mass is 9.82. The molecule has 3 N–H and O–H groups in total. The first kappa shape index (κ1) is 27.6. The molecular formula is C23H25ClF2N4O5S2. The first-order valence-electron chi connectivity index (χ1n) is 11.5. The number of aliphatic hydroxyl groups excluding tert-OH is 1. The number of aliphatic imine (C=N–C) groups is 1. The lowest BCUT2D eigenvalue weighted by molar-refractivity contribution is -0.136. The lowest BCUT2D eigenvalue weighted by Gasteiger charge is -2.35. The molecule has 0 amide bonds. The molecule has 1 aromatic heterocycles. The number of amidine groups is 1. The number of nitrogens with one attached hydrogen (secondary N) is 2. The van der Waals surface area contributed by atoms with Crippen molar-refractivity contribution in [1.29, 1.82) is 0 Å². The van der Waals surface area contributed by atoms with Crippen LogP contribution in [0.15, 0.2) is 40.0 Å². The minimum Gasteiger partial charge on any atom is -0.466 e. The Morgan fingerprint density at radius 1 is 1.30 bits per heavy atom. The number of aliphatic hydroxyl groups is 1. The number of rotatable bonds is 8. The fourth-order valence-electron chi connectivity index (χ4n) is 4.62. The number of carbonyl (C=O) groups is 1. The molecule has 0 bridgehead atoms. The summed E-state index contributed by atoms with van der Waals surface area (Å²) in [6, 6.07) is 1.08. The topological polar surface area (TPSA) is 130 Å². The Kier molecular flexibility index (Phi) is 8.59. The van der Waals surface area contributed by atoms with Gasteiger partial charge in [-0.25, -0.2) is 31.7 Å². The summed E-state index contributed by atoms with van der Waals surface area (Å²) in [4.78, 5) is 21.9. The van der Waals surface area contributed by atoms with Gasteiger partial charge in [0, 0.05) is 29.4 Å². The molecule has 2 heterocycles. The lowest BCUT2D eigenvalue weighted by Crippen LogP contribution is -2.41. The fourth-order valence-corrected chi connectivity index (χ4v) is 6.96. The molecule has 1 aromatic carbocycles. The Morgan fingerprint density at radius 2 is 2.03 bits per heavy atom. The molecule has 4 rings (SSSR count). The van der Waals surface area contributed by atoms with E-state index >= 15 is 0 Å². The van der Waals surface area contributed by atoms with Gasteiger partial charge in [0.25, 0.3) is 0 Å². The molecule has 1 unspecified atom stereocenters. The van der Waals surface area contributed by atoms with Crippen molar-refractivity contribution >= 4 is 44.8 Å². The summed E-state index contributed by atoms with van der Waals surface area (Å²) in [5, 5.41) is 13.3. The van der Waals surface area contributed by atoms with Gasteiger partial charge in [0.05, 0.1) is 29.6 Å². The number of allylic oxidation sites excluding steroid dienone is 1. The summed E-state index contributed by atoms with van der Waals surface area (Å²) in [6.07, 6.45) is 3.03. The van der Waals surface area contributed by atoms with Crippen LogP contribution in [0.1, 0.15) is 42.3 Å². The van der Waals surface area contributed by atoms with Crippen LogP contribution in [0, 0.1) is 17.6 Å². The standard InChI is InChI=1S/C23H25ClF2N4O5S2/c1-35-23(32)16-19(12-2-4-13(5-3-12)37(33,34)28-8-10-31)29-21(22-27-9-11-36-22)30-20(16)14-6-7-15(25)18(26)17(14)24/h6-7,9,11-13,20,28,31H,2-5,8,10H2,1H3,(H,29,30). The predicted molar refractivity (Wildman–Crippen MR) is 135 cm³/mol. The quantitative estimate of drug-likeness (QED) is 0.326. The highest BCUT2D eigenvalue weighted by Crippen LogP contribution is 2.42. The van der Waals surface area contributed by atoms with Crippen LogP contribution in [0.2, 0.25) is 5.02 Å². The van der Waals surface area contributed by atoms with Gasteiger partial charge in [-0.3, -0.25) is 4.99 Å². The Bertz CT molecular complexity index is 1330. The van der Waals surface area contributed by atoms with Crippen LogP contribution in [0.4, 0.5) is 8.78 Å². The van der Waals surface area contributed by atoms with Gasteiger partial charge in [-0.15, -0.1) is 11.3 Å². The first-order chi connectivity index (χ1) is 17.7. The average molecular weight is 575 g/mol. The van der Waals surface area contributed by atoms with E-state index in [4.69, 9.17) is 21.4 Å². The summed E-state index contributed by atoms with van der Waals surface area (Å²) < 4.78 is 60.8. The zero-order valence-electron chi connectivity index (χ0n) is 19.7. The second kappa shape index (κ2) is 11.5. The van der Waals surface area contributed by atoms with E-state index in [1.807, 2.05) is 0 Å². The maximum atomic E-state index is 14.4. The van der Waals surface area contributed by atoms with Gasteiger partial charge < -0.3 is 15.2 Å². The number of methoxy groups -OCH3 is 1. The average Bonchev–Trinajstić information content (AvgIpc) is 3.45. The largest absolute Gasteiger partial charge is 0.466 e. The minimum atomic E-state index is -3.61. The smallest absolute Gasteiger partial charge is 0.338 e. The monoisotopic (exact) mass is 574 g/mol. The van der Waals surface area contributed by atoms with E-state index in [9.17, 15) is 22.0 Å². The third-order valence-electron chi connectivity index (χ3n) is 6.41. The number of hydrogen-bond acceptors (Lipinski definition) is 9. The summed E-state index contributed by atoms with van der Waals surface area (Å²) in [6.45, 7) is -0.369. The Labute approximate surface area is 221 Å². The molecule has 1 saturated carbocycles. The number of esters is 1. The number of aromatic nitrogens is 1. The summed E-state index contributed by atoms with van der Waals surface area (Å²) in [5.74, 6) is -3.08. The van der Waals surface area contributed by atoms with E-state index in [-0.39, 0.29) is 30.2 Å². The van der Waals surface area contributed by atoms with E-state index in [1.165, 1.54) is 24.5 Å². The van der Waals surface area contributed by atoms with Crippen molar-refractivity contribution < 1.29 is 31.8 Å². The first-order valence-corrected chi connectivity index (χ1v) is 14.3. The van der Waals surface area contributed by atoms with E-state index in [2.05, 4.69) is 20.0 Å². The van der Waals surface area contributed by atoms with Crippen molar-refractivity contribution in [2.45, 2.75) is 37.0 Å². The number of thiazole rings is 1. The van der Waals surface area contributed by atoms with Crippen LogP contribution in [0.25, 0.3) is 0 Å². The molecule has 200 valence electrons. The second-order valence-corrected chi connectivity index (χ2v) is 11.9. The van der Waals surface area contributed by atoms with Crippen LogP contribution in [0.3, 0.4) is 0 Å². The van der Waals surface area contributed by atoms with Gasteiger partial charge in [-0.2, -0.15) is 0 Å². The van der Waals surface area contributed by atoms with E-state index < -0.39 is 43.9 Å². The number of nitrogens with zero attached hydrogens (tertiary/aromatic N) is 2. The number of carbonyl (C=O) groups excluding carboxylic acids is 1. The van der Waals surface area contributed by atoms with Crippen molar-refractivity contribution in [3.63, 3.8) is 0 Å². The molecule has 0 saturated heterocycles. The molecule has 2 aliphatic rings. The van der Waals surface area contributed by atoms with Gasteiger partial charge in [0.2, 0.25) is 10.0 Å². The second-order valence-electron chi connectivity index (χ2n) is 8.56. The van der Waals surface area contributed by atoms with Crippen molar-refractivity contribution in [3.05, 3.63) is 62.2 Å². The number of hydrogen-bond donors (Lipinski definition) is 3. The molecular weight excluding hydrogens is 550 g/mol. The molecule has 9 nitrogen and oxygen atoms in total. The van der Waals surface area contributed by atoms with Crippen LogP contribution in [-0.4, -0.2) is 55.8 Å². The van der Waals surface area contributed by atoms with Crippen LogP contribution in [-0.2, 0) is 19.6 Å². The van der Waals surface area contributed by atoms with E-state index in [0.717, 1.165) is 6.07 Å². The normalized spacial score (nSPS) is 22.4. The third kappa shape index (κ3) is 5.70. The van der Waals surface area contributed by atoms with Gasteiger partial charge in [0.1, 0.15) is 6.04 Å². The Balaban J connectivity index is 1.76. The zero-order valence-corrected chi connectivity index (χ0v) is 22.1. The highest BCUT2D eigenvalue weighted by molar-refractivity contribution is 7.90. The minimum absolute atomic E-state index is 0.0637. The summed E-state index contributed by atoms with van der Waals surface area (Å²) in [5.41, 5.74) is 0.621. The molecule has 1 aliphatic carbocycles. The molecule has 0 radical (unpaired) electrons. The van der Waals surface area contributed by atoms with Crippen LogP contribution < -0.4 is 10.0 Å². The molecule has 37 heavy (non-hydrogen) atoms. The van der Waals surface area contributed by atoms with Crippen molar-refractivity contribution in [2.24, 2.45) is 10.9 Å². The van der Waals surface area contributed by atoms with Gasteiger partial charge in [-0.05, 0) is 37.7 Å². The molecule has 1 fully saturated rings. The number of ether oxygens (including phenoxy) is 1. The Hall–Kier alpha value is -2.45. The van der Waals surface area contributed by atoms with Gasteiger partial charge in [0.15, 0.2) is 22.5 Å². The SMILES string of the molecule is COC(=O)C1=C(C2CCC(S(=O)(=O)NCCO)CC2)NC(c2nccs2)=NC1c1ccc(F)c(F)c1Cl. The number of sulfonamides is 1. The van der Waals surface area contributed by atoms with Crippen LogP contribution >= 0.6 is 22.9 Å². The maximum absolute atomic E-state index is 14.4.